The minimum Gasteiger partial charge on any atom is -0.368 e. The molecule has 2 heterocycles. The predicted molar refractivity (Wildman–Crippen MR) is 64.8 cm³/mol. The van der Waals surface area contributed by atoms with Crippen molar-refractivity contribution >= 4 is 0 Å². The average Bonchev–Trinajstić information content (AvgIpc) is 2.47. The molecule has 19 heavy (non-hydrogen) atoms. The number of rotatable bonds is 2. The molecule has 100 valence electrons. The van der Waals surface area contributed by atoms with Gasteiger partial charge in [-0.05, 0) is 0 Å². The molecule has 1 fully saturated rings. The molecule has 0 saturated carbocycles. The molecule has 0 aliphatic carbocycles. The van der Waals surface area contributed by atoms with Crippen molar-refractivity contribution in [3.63, 3.8) is 0 Å². The van der Waals surface area contributed by atoms with Gasteiger partial charge in [-0.25, -0.2) is 0 Å². The summed E-state index contributed by atoms with van der Waals surface area (Å²) in [6.07, 6.45) is -0.227. The highest BCUT2D eigenvalue weighted by Crippen LogP contribution is 2.32. The zero-order valence-electron chi connectivity index (χ0n) is 10.1. The molecule has 1 saturated heterocycles. The van der Waals surface area contributed by atoms with Gasteiger partial charge >= 0.3 is 0 Å². The van der Waals surface area contributed by atoms with Crippen molar-refractivity contribution in [1.82, 2.24) is 0 Å². The van der Waals surface area contributed by atoms with Crippen molar-refractivity contribution in [2.24, 2.45) is 0 Å². The molecule has 0 amide bonds. The Balaban J connectivity index is 1.82. The summed E-state index contributed by atoms with van der Waals surface area (Å²) in [7, 11) is 0. The van der Waals surface area contributed by atoms with Crippen LogP contribution in [0.5, 0.6) is 0 Å². The van der Waals surface area contributed by atoms with Crippen LogP contribution in [-0.2, 0) is 14.2 Å². The molecule has 0 aromatic heterocycles. The zero-order chi connectivity index (χ0) is 13.2. The standard InChI is InChI=1S/C13H13NO5/c15-14(16)10-6-7-17-11-8-18-13(19-12(10)11)9-4-2-1-3-5-9/h1-6,11-13H,7-8H2/t11-,12+,13-/m1/s1. The van der Waals surface area contributed by atoms with Gasteiger partial charge in [-0.3, -0.25) is 10.1 Å². The van der Waals surface area contributed by atoms with Crippen LogP contribution in [0.3, 0.4) is 0 Å². The van der Waals surface area contributed by atoms with Gasteiger partial charge in [-0.15, -0.1) is 0 Å². The van der Waals surface area contributed by atoms with Gasteiger partial charge in [-0.2, -0.15) is 0 Å². The van der Waals surface area contributed by atoms with Crippen molar-refractivity contribution in [3.8, 4) is 0 Å². The van der Waals surface area contributed by atoms with E-state index in [-0.39, 0.29) is 18.9 Å². The van der Waals surface area contributed by atoms with Gasteiger partial charge in [0.1, 0.15) is 6.10 Å². The van der Waals surface area contributed by atoms with Crippen LogP contribution in [0, 0.1) is 10.1 Å². The SMILES string of the molecule is O=[N+]([O-])C1=CCO[C@@H]2CO[C@@H](c3ccccc3)O[C@@H]12. The van der Waals surface area contributed by atoms with Gasteiger partial charge in [-0.1, -0.05) is 30.3 Å². The van der Waals surface area contributed by atoms with Crippen LogP contribution in [0.1, 0.15) is 11.9 Å². The summed E-state index contributed by atoms with van der Waals surface area (Å²) >= 11 is 0. The molecule has 0 radical (unpaired) electrons. The van der Waals surface area contributed by atoms with E-state index in [1.807, 2.05) is 30.3 Å². The summed E-state index contributed by atoms with van der Waals surface area (Å²) in [6.45, 7) is 0.510. The lowest BCUT2D eigenvalue weighted by atomic mass is 10.1. The van der Waals surface area contributed by atoms with Crippen LogP contribution in [0.2, 0.25) is 0 Å². The molecule has 3 atom stereocenters. The van der Waals surface area contributed by atoms with E-state index in [0.717, 1.165) is 5.56 Å². The third-order valence-electron chi connectivity index (χ3n) is 3.20. The Hall–Kier alpha value is -1.76. The maximum atomic E-state index is 11.0. The second-order valence-electron chi connectivity index (χ2n) is 4.39. The lowest BCUT2D eigenvalue weighted by Crippen LogP contribution is -2.46. The topological polar surface area (TPSA) is 70.8 Å². The Labute approximate surface area is 109 Å². The minimum atomic E-state index is -0.678. The summed E-state index contributed by atoms with van der Waals surface area (Å²) < 4.78 is 16.7. The van der Waals surface area contributed by atoms with Gasteiger partial charge < -0.3 is 14.2 Å². The number of nitro groups is 1. The lowest BCUT2D eigenvalue weighted by molar-refractivity contribution is -0.451. The molecule has 3 rings (SSSR count). The van der Waals surface area contributed by atoms with E-state index in [1.54, 1.807) is 0 Å². The van der Waals surface area contributed by atoms with Crippen molar-refractivity contribution in [3.05, 3.63) is 57.8 Å². The van der Waals surface area contributed by atoms with E-state index in [1.165, 1.54) is 6.08 Å². The summed E-state index contributed by atoms with van der Waals surface area (Å²) in [4.78, 5) is 10.6. The molecule has 0 bridgehead atoms. The van der Waals surface area contributed by atoms with E-state index in [2.05, 4.69) is 0 Å². The Kier molecular flexibility index (Phi) is 3.29. The molecule has 6 heteroatoms. The Morgan fingerprint density at radius 1 is 1.21 bits per heavy atom. The van der Waals surface area contributed by atoms with Crippen molar-refractivity contribution in [2.45, 2.75) is 18.5 Å². The van der Waals surface area contributed by atoms with E-state index in [9.17, 15) is 10.1 Å². The molecular weight excluding hydrogens is 250 g/mol. The number of hydrogen-bond donors (Lipinski definition) is 0. The minimum absolute atomic E-state index is 0.0560. The number of fused-ring (bicyclic) bond motifs is 1. The molecule has 1 aromatic carbocycles. The number of hydrogen-bond acceptors (Lipinski definition) is 5. The third-order valence-corrected chi connectivity index (χ3v) is 3.20. The zero-order valence-corrected chi connectivity index (χ0v) is 10.1. The molecule has 2 aliphatic heterocycles. The number of ether oxygens (including phenoxy) is 3. The monoisotopic (exact) mass is 263 g/mol. The first-order chi connectivity index (χ1) is 9.25. The Bertz CT molecular complexity index is 501. The first-order valence-corrected chi connectivity index (χ1v) is 6.04. The highest BCUT2D eigenvalue weighted by Gasteiger charge is 2.43. The highest BCUT2D eigenvalue weighted by molar-refractivity contribution is 5.17. The highest BCUT2D eigenvalue weighted by atomic mass is 16.7. The second kappa shape index (κ2) is 5.08. The maximum absolute atomic E-state index is 11.0. The average molecular weight is 263 g/mol. The van der Waals surface area contributed by atoms with Crippen molar-refractivity contribution in [1.29, 1.82) is 0 Å². The lowest BCUT2D eigenvalue weighted by Gasteiger charge is -2.36. The van der Waals surface area contributed by atoms with Crippen LogP contribution < -0.4 is 0 Å². The molecule has 0 spiro atoms. The van der Waals surface area contributed by atoms with Crippen LogP contribution in [0.4, 0.5) is 0 Å². The summed E-state index contributed by atoms with van der Waals surface area (Å²) in [5, 5.41) is 11.0. The fourth-order valence-electron chi connectivity index (χ4n) is 2.26. The summed E-state index contributed by atoms with van der Waals surface area (Å²) in [6, 6.07) is 9.36. The molecule has 1 aromatic rings. The Morgan fingerprint density at radius 2 is 2.00 bits per heavy atom. The van der Waals surface area contributed by atoms with Gasteiger partial charge in [0.15, 0.2) is 12.4 Å². The Morgan fingerprint density at radius 3 is 2.74 bits per heavy atom. The first kappa shape index (κ1) is 12.3. The number of benzene rings is 1. The maximum Gasteiger partial charge on any atom is 0.276 e. The number of nitrogens with zero attached hydrogens (tertiary/aromatic N) is 1. The second-order valence-corrected chi connectivity index (χ2v) is 4.39. The van der Waals surface area contributed by atoms with E-state index < -0.39 is 23.4 Å². The van der Waals surface area contributed by atoms with E-state index in [0.29, 0.717) is 0 Å². The molecule has 0 N–H and O–H groups in total. The summed E-state index contributed by atoms with van der Waals surface area (Å²) in [5.74, 6) is 0. The van der Waals surface area contributed by atoms with Crippen LogP contribution in [0.15, 0.2) is 42.1 Å². The summed E-state index contributed by atoms with van der Waals surface area (Å²) in [5.41, 5.74) is 0.898. The third kappa shape index (κ3) is 2.37. The van der Waals surface area contributed by atoms with Gasteiger partial charge in [0.25, 0.3) is 5.70 Å². The van der Waals surface area contributed by atoms with E-state index in [4.69, 9.17) is 14.2 Å². The molecule has 0 unspecified atom stereocenters. The predicted octanol–water partition coefficient (Wildman–Crippen LogP) is 1.66. The fraction of sp³-hybridized carbons (Fsp3) is 0.385. The van der Waals surface area contributed by atoms with E-state index >= 15 is 0 Å². The quantitative estimate of drug-likeness (QED) is 0.599. The van der Waals surface area contributed by atoms with Crippen molar-refractivity contribution in [2.75, 3.05) is 13.2 Å². The largest absolute Gasteiger partial charge is 0.368 e. The van der Waals surface area contributed by atoms with Gasteiger partial charge in [0.05, 0.1) is 18.1 Å². The fourth-order valence-corrected chi connectivity index (χ4v) is 2.26. The normalized spacial score (nSPS) is 30.3. The smallest absolute Gasteiger partial charge is 0.276 e. The molecule has 2 aliphatic rings. The molecular formula is C13H13NO5. The van der Waals surface area contributed by atoms with Gasteiger partial charge in [0.2, 0.25) is 0 Å². The van der Waals surface area contributed by atoms with Gasteiger partial charge in [0, 0.05) is 11.6 Å². The van der Waals surface area contributed by atoms with Crippen LogP contribution in [-0.4, -0.2) is 30.3 Å². The first-order valence-electron chi connectivity index (χ1n) is 6.04. The van der Waals surface area contributed by atoms with Crippen LogP contribution >= 0.6 is 0 Å². The van der Waals surface area contributed by atoms with Crippen molar-refractivity contribution < 1.29 is 19.1 Å². The molecule has 6 nitrogen and oxygen atoms in total. The van der Waals surface area contributed by atoms with Crippen LogP contribution in [0.25, 0.3) is 0 Å².